The monoisotopic (exact) mass is 381 g/mol. The Labute approximate surface area is 131 Å². The topological polar surface area (TPSA) is 12.0 Å². The summed E-state index contributed by atoms with van der Waals surface area (Å²) < 4.78 is 2.19. The summed E-state index contributed by atoms with van der Waals surface area (Å²) >= 11 is 7.08. The number of nitrogens with one attached hydrogen (secondary N) is 1. The fourth-order valence-electron chi connectivity index (χ4n) is 2.09. The summed E-state index contributed by atoms with van der Waals surface area (Å²) in [5, 5.41) is 3.56. The van der Waals surface area contributed by atoms with E-state index in [1.807, 2.05) is 0 Å². The highest BCUT2D eigenvalue weighted by molar-refractivity contribution is 9.10. The first-order chi connectivity index (χ1) is 9.13. The van der Waals surface area contributed by atoms with Crippen molar-refractivity contribution in [2.45, 2.75) is 26.7 Å². The molecule has 0 saturated heterocycles. The van der Waals surface area contributed by atoms with E-state index in [0.717, 1.165) is 21.8 Å². The standard InChI is InChI=1S/C16H17Br2N/c1-3-11-5-7-13(17)9-15(11)19-16-10-14(18)8-6-12(16)4-2/h5-10,19H,3-4H2,1-2H3. The molecule has 0 heterocycles. The smallest absolute Gasteiger partial charge is 0.0428 e. The molecule has 1 nitrogen and oxygen atoms in total. The van der Waals surface area contributed by atoms with Crippen LogP contribution in [0.1, 0.15) is 25.0 Å². The highest BCUT2D eigenvalue weighted by Gasteiger charge is 2.06. The van der Waals surface area contributed by atoms with Gasteiger partial charge < -0.3 is 5.32 Å². The first-order valence-corrected chi connectivity index (χ1v) is 8.06. The molecular formula is C16H17Br2N. The molecule has 0 radical (unpaired) electrons. The van der Waals surface area contributed by atoms with Crippen molar-refractivity contribution >= 4 is 43.2 Å². The van der Waals surface area contributed by atoms with E-state index in [4.69, 9.17) is 0 Å². The lowest BCUT2D eigenvalue weighted by Gasteiger charge is -2.15. The molecule has 0 aromatic heterocycles. The second kappa shape index (κ2) is 6.58. The Morgan fingerprint density at radius 1 is 0.789 bits per heavy atom. The van der Waals surface area contributed by atoms with Gasteiger partial charge in [-0.2, -0.15) is 0 Å². The van der Waals surface area contributed by atoms with Crippen LogP contribution in [0.25, 0.3) is 0 Å². The van der Waals surface area contributed by atoms with Gasteiger partial charge in [0.1, 0.15) is 0 Å². The molecular weight excluding hydrogens is 366 g/mol. The van der Waals surface area contributed by atoms with Crippen molar-refractivity contribution in [1.82, 2.24) is 0 Å². The van der Waals surface area contributed by atoms with Gasteiger partial charge in [-0.25, -0.2) is 0 Å². The summed E-state index contributed by atoms with van der Waals surface area (Å²) in [6.07, 6.45) is 2.04. The maximum Gasteiger partial charge on any atom is 0.0428 e. The molecule has 0 atom stereocenters. The Morgan fingerprint density at radius 2 is 1.21 bits per heavy atom. The molecule has 0 bridgehead atoms. The Hall–Kier alpha value is -0.800. The molecule has 2 aromatic rings. The van der Waals surface area contributed by atoms with Crippen LogP contribution in [0.5, 0.6) is 0 Å². The van der Waals surface area contributed by atoms with Crippen LogP contribution in [0.2, 0.25) is 0 Å². The third-order valence-corrected chi connectivity index (χ3v) is 4.16. The minimum Gasteiger partial charge on any atom is -0.355 e. The Bertz CT molecular complexity index is 527. The molecule has 19 heavy (non-hydrogen) atoms. The fourth-order valence-corrected chi connectivity index (χ4v) is 2.81. The van der Waals surface area contributed by atoms with Crippen LogP contribution in [-0.4, -0.2) is 0 Å². The third-order valence-electron chi connectivity index (χ3n) is 3.17. The lowest BCUT2D eigenvalue weighted by atomic mass is 10.1. The Kier molecular flexibility index (Phi) is 5.06. The first-order valence-electron chi connectivity index (χ1n) is 6.48. The molecule has 0 aliphatic heterocycles. The highest BCUT2D eigenvalue weighted by Crippen LogP contribution is 2.29. The van der Waals surface area contributed by atoms with Crippen LogP contribution in [0, 0.1) is 0 Å². The van der Waals surface area contributed by atoms with E-state index in [0.29, 0.717) is 0 Å². The zero-order valence-electron chi connectivity index (χ0n) is 11.1. The molecule has 3 heteroatoms. The maximum absolute atomic E-state index is 3.56. The molecule has 0 amide bonds. The summed E-state index contributed by atoms with van der Waals surface area (Å²) in [6, 6.07) is 12.8. The van der Waals surface area contributed by atoms with E-state index in [1.54, 1.807) is 0 Å². The molecule has 1 N–H and O–H groups in total. The number of anilines is 2. The summed E-state index contributed by atoms with van der Waals surface area (Å²) in [5.74, 6) is 0. The van der Waals surface area contributed by atoms with Crippen molar-refractivity contribution < 1.29 is 0 Å². The van der Waals surface area contributed by atoms with E-state index in [9.17, 15) is 0 Å². The van der Waals surface area contributed by atoms with Crippen LogP contribution in [0.3, 0.4) is 0 Å². The number of benzene rings is 2. The van der Waals surface area contributed by atoms with Crippen molar-refractivity contribution in [2.24, 2.45) is 0 Å². The molecule has 100 valence electrons. The summed E-state index contributed by atoms with van der Waals surface area (Å²) in [5.41, 5.74) is 4.99. The predicted octanol–water partition coefficient (Wildman–Crippen LogP) is 6.08. The normalized spacial score (nSPS) is 10.5. The van der Waals surface area contributed by atoms with Gasteiger partial charge in [-0.05, 0) is 48.2 Å². The second-order valence-electron chi connectivity index (χ2n) is 4.44. The van der Waals surface area contributed by atoms with E-state index >= 15 is 0 Å². The Balaban J connectivity index is 2.40. The van der Waals surface area contributed by atoms with Crippen molar-refractivity contribution in [3.05, 3.63) is 56.5 Å². The van der Waals surface area contributed by atoms with Gasteiger partial charge in [0.2, 0.25) is 0 Å². The van der Waals surface area contributed by atoms with Crippen LogP contribution in [0.4, 0.5) is 11.4 Å². The molecule has 0 saturated carbocycles. The number of halogens is 2. The minimum absolute atomic E-state index is 1.02. The largest absolute Gasteiger partial charge is 0.355 e. The van der Waals surface area contributed by atoms with E-state index in [1.165, 1.54) is 22.5 Å². The zero-order chi connectivity index (χ0) is 13.8. The van der Waals surface area contributed by atoms with Crippen LogP contribution in [-0.2, 0) is 12.8 Å². The number of aryl methyl sites for hydroxylation is 2. The summed E-state index contributed by atoms with van der Waals surface area (Å²) in [6.45, 7) is 4.35. The van der Waals surface area contributed by atoms with Crippen LogP contribution in [0.15, 0.2) is 45.3 Å². The Morgan fingerprint density at radius 3 is 1.58 bits per heavy atom. The van der Waals surface area contributed by atoms with Gasteiger partial charge in [0, 0.05) is 20.3 Å². The quantitative estimate of drug-likeness (QED) is 0.675. The van der Waals surface area contributed by atoms with E-state index in [2.05, 4.69) is 87.4 Å². The SMILES string of the molecule is CCc1ccc(Br)cc1Nc1cc(Br)ccc1CC. The van der Waals surface area contributed by atoms with Gasteiger partial charge in [-0.15, -0.1) is 0 Å². The van der Waals surface area contributed by atoms with Gasteiger partial charge in [-0.3, -0.25) is 0 Å². The molecule has 2 aromatic carbocycles. The lowest BCUT2D eigenvalue weighted by molar-refractivity contribution is 1.12. The minimum atomic E-state index is 1.02. The van der Waals surface area contributed by atoms with Crippen molar-refractivity contribution in [2.75, 3.05) is 5.32 Å². The third kappa shape index (κ3) is 3.61. The number of hydrogen-bond acceptors (Lipinski definition) is 1. The van der Waals surface area contributed by atoms with Crippen molar-refractivity contribution in [3.8, 4) is 0 Å². The van der Waals surface area contributed by atoms with E-state index in [-0.39, 0.29) is 0 Å². The molecule has 0 aliphatic carbocycles. The number of rotatable bonds is 4. The van der Waals surface area contributed by atoms with Crippen molar-refractivity contribution in [3.63, 3.8) is 0 Å². The average Bonchev–Trinajstić information content (AvgIpc) is 2.39. The van der Waals surface area contributed by atoms with Gasteiger partial charge in [-0.1, -0.05) is 57.8 Å². The summed E-state index contributed by atoms with van der Waals surface area (Å²) in [7, 11) is 0. The first kappa shape index (κ1) is 14.6. The molecule has 0 fully saturated rings. The molecule has 0 unspecified atom stereocenters. The number of hydrogen-bond donors (Lipinski definition) is 1. The molecule has 0 aliphatic rings. The lowest BCUT2D eigenvalue weighted by Crippen LogP contribution is -1.98. The van der Waals surface area contributed by atoms with Crippen LogP contribution < -0.4 is 5.32 Å². The highest BCUT2D eigenvalue weighted by atomic mass is 79.9. The van der Waals surface area contributed by atoms with Gasteiger partial charge in [0.05, 0.1) is 0 Å². The van der Waals surface area contributed by atoms with Crippen LogP contribution >= 0.6 is 31.9 Å². The van der Waals surface area contributed by atoms with Gasteiger partial charge >= 0.3 is 0 Å². The average molecular weight is 383 g/mol. The van der Waals surface area contributed by atoms with Gasteiger partial charge in [0.15, 0.2) is 0 Å². The zero-order valence-corrected chi connectivity index (χ0v) is 14.3. The summed E-state index contributed by atoms with van der Waals surface area (Å²) in [4.78, 5) is 0. The molecule has 0 spiro atoms. The second-order valence-corrected chi connectivity index (χ2v) is 6.27. The molecule has 2 rings (SSSR count). The predicted molar refractivity (Wildman–Crippen MR) is 90.3 cm³/mol. The van der Waals surface area contributed by atoms with Crippen molar-refractivity contribution in [1.29, 1.82) is 0 Å². The van der Waals surface area contributed by atoms with E-state index < -0.39 is 0 Å². The van der Waals surface area contributed by atoms with Gasteiger partial charge in [0.25, 0.3) is 0 Å². The fraction of sp³-hybridized carbons (Fsp3) is 0.250. The maximum atomic E-state index is 3.56.